The molecule has 3 heterocycles. The Morgan fingerprint density at radius 2 is 2.13 bits per heavy atom. The number of benzene rings is 1. The Bertz CT molecular complexity index is 912. The van der Waals surface area contributed by atoms with Crippen LogP contribution in [0.3, 0.4) is 0 Å². The van der Waals surface area contributed by atoms with Crippen molar-refractivity contribution < 1.29 is 14.3 Å². The molecule has 2 fully saturated rings. The van der Waals surface area contributed by atoms with E-state index in [4.69, 9.17) is 14.5 Å². The number of hydrogen-bond donors (Lipinski definition) is 0. The van der Waals surface area contributed by atoms with Gasteiger partial charge in [-0.05, 0) is 38.0 Å². The molecule has 0 unspecified atom stereocenters. The van der Waals surface area contributed by atoms with E-state index in [9.17, 15) is 4.79 Å². The first-order valence-electron chi connectivity index (χ1n) is 11.1. The molecular weight excluding hydrogens is 392 g/mol. The van der Waals surface area contributed by atoms with E-state index in [-0.39, 0.29) is 11.8 Å². The van der Waals surface area contributed by atoms with Gasteiger partial charge in [0.05, 0.1) is 31.2 Å². The molecule has 0 aliphatic carbocycles. The monoisotopic (exact) mass is 426 g/mol. The van der Waals surface area contributed by atoms with Gasteiger partial charge in [-0.25, -0.2) is 4.98 Å². The molecule has 4 rings (SSSR count). The van der Waals surface area contributed by atoms with Gasteiger partial charge >= 0.3 is 0 Å². The van der Waals surface area contributed by atoms with E-state index in [1.54, 1.807) is 14.2 Å². The second-order valence-electron chi connectivity index (χ2n) is 9.10. The van der Waals surface area contributed by atoms with Crippen molar-refractivity contribution >= 4 is 5.91 Å². The van der Waals surface area contributed by atoms with Crippen molar-refractivity contribution in [3.05, 3.63) is 48.0 Å². The third-order valence-corrected chi connectivity index (χ3v) is 6.83. The number of nitrogens with zero attached hydrogens (tertiary/aromatic N) is 4. The van der Waals surface area contributed by atoms with Gasteiger partial charge in [-0.2, -0.15) is 0 Å². The predicted molar refractivity (Wildman–Crippen MR) is 119 cm³/mol. The van der Waals surface area contributed by atoms with Crippen molar-refractivity contribution in [2.45, 2.75) is 38.8 Å². The topological polar surface area (TPSA) is 59.8 Å². The van der Waals surface area contributed by atoms with Gasteiger partial charge in [-0.1, -0.05) is 12.1 Å². The fraction of sp³-hybridized carbons (Fsp3) is 0.583. The van der Waals surface area contributed by atoms with Gasteiger partial charge in [-0.15, -0.1) is 0 Å². The molecule has 0 N–H and O–H groups in total. The number of likely N-dealkylation sites (tertiary alicyclic amines) is 2. The molecule has 2 aliphatic rings. The summed E-state index contributed by atoms with van der Waals surface area (Å²) >= 11 is 0. The summed E-state index contributed by atoms with van der Waals surface area (Å²) in [6.45, 7) is 8.70. The Hall–Kier alpha value is -2.38. The van der Waals surface area contributed by atoms with Gasteiger partial charge in [0.15, 0.2) is 0 Å². The summed E-state index contributed by atoms with van der Waals surface area (Å²) < 4.78 is 12.8. The first kappa shape index (κ1) is 21.8. The van der Waals surface area contributed by atoms with E-state index in [2.05, 4.69) is 41.6 Å². The lowest BCUT2D eigenvalue weighted by Crippen LogP contribution is -2.40. The lowest BCUT2D eigenvalue weighted by molar-refractivity contribution is -0.136. The third-order valence-electron chi connectivity index (χ3n) is 6.83. The Kier molecular flexibility index (Phi) is 6.34. The van der Waals surface area contributed by atoms with Crippen molar-refractivity contribution in [3.63, 3.8) is 0 Å². The zero-order valence-corrected chi connectivity index (χ0v) is 19.1. The summed E-state index contributed by atoms with van der Waals surface area (Å²) in [5.41, 5.74) is 1.82. The maximum absolute atomic E-state index is 13.6. The summed E-state index contributed by atoms with van der Waals surface area (Å²) in [5.74, 6) is 1.21. The minimum atomic E-state index is -0.414. The maximum Gasteiger partial charge on any atom is 0.230 e. The molecule has 1 aromatic carbocycles. The summed E-state index contributed by atoms with van der Waals surface area (Å²) in [6, 6.07) is 8.54. The lowest BCUT2D eigenvalue weighted by atomic mass is 9.75. The number of ether oxygens (including phenoxy) is 2. The van der Waals surface area contributed by atoms with Crippen LogP contribution in [0.1, 0.15) is 43.5 Å². The van der Waals surface area contributed by atoms with Crippen LogP contribution in [0.25, 0.3) is 0 Å². The molecule has 7 nitrogen and oxygen atoms in total. The van der Waals surface area contributed by atoms with Crippen LogP contribution >= 0.6 is 0 Å². The molecule has 2 atom stereocenters. The fourth-order valence-corrected chi connectivity index (χ4v) is 5.09. The van der Waals surface area contributed by atoms with Crippen molar-refractivity contribution in [1.82, 2.24) is 19.4 Å². The molecule has 2 saturated heterocycles. The number of carbonyl (C=O) groups excluding carboxylic acids is 1. The van der Waals surface area contributed by atoms with Crippen LogP contribution in [0, 0.1) is 5.41 Å². The highest BCUT2D eigenvalue weighted by Crippen LogP contribution is 2.49. The van der Waals surface area contributed by atoms with Crippen molar-refractivity contribution in [3.8, 4) is 5.75 Å². The Morgan fingerprint density at radius 1 is 1.29 bits per heavy atom. The lowest BCUT2D eigenvalue weighted by Gasteiger charge is -2.28. The maximum atomic E-state index is 13.6. The van der Waals surface area contributed by atoms with E-state index in [0.717, 1.165) is 44.0 Å². The SMILES string of the molecule is COCCN1CC[C@]2(CN(Cc3cccc(OC)c3)C[C@@H]2c2cn(C(C)C)cn2)C1=O. The highest BCUT2D eigenvalue weighted by atomic mass is 16.5. The van der Waals surface area contributed by atoms with Crippen LogP contribution < -0.4 is 4.74 Å². The van der Waals surface area contributed by atoms with Gasteiger partial charge in [0.1, 0.15) is 5.75 Å². The minimum Gasteiger partial charge on any atom is -0.497 e. The molecule has 168 valence electrons. The minimum absolute atomic E-state index is 0.0955. The number of methoxy groups -OCH3 is 2. The highest BCUT2D eigenvalue weighted by molar-refractivity contribution is 5.86. The molecule has 7 heteroatoms. The number of aromatic nitrogens is 2. The Balaban J connectivity index is 1.61. The van der Waals surface area contributed by atoms with Crippen LogP contribution in [-0.4, -0.2) is 72.3 Å². The molecule has 31 heavy (non-hydrogen) atoms. The van der Waals surface area contributed by atoms with Crippen molar-refractivity contribution in [2.75, 3.05) is 47.0 Å². The summed E-state index contributed by atoms with van der Waals surface area (Å²) in [4.78, 5) is 22.8. The molecule has 2 aromatic rings. The van der Waals surface area contributed by atoms with E-state index < -0.39 is 5.41 Å². The Morgan fingerprint density at radius 3 is 2.84 bits per heavy atom. The molecule has 1 aromatic heterocycles. The molecule has 0 radical (unpaired) electrons. The predicted octanol–water partition coefficient (Wildman–Crippen LogP) is 2.94. The highest BCUT2D eigenvalue weighted by Gasteiger charge is 2.57. The number of imidazole rings is 1. The quantitative estimate of drug-likeness (QED) is 0.650. The standard InChI is InChI=1S/C24H34N4O3/c1-18(2)28-15-22(25-17-28)21-14-26(13-19-6-5-7-20(12-19)31-4)16-24(21)8-9-27(23(24)29)10-11-30-3/h5-7,12,15,17-18,21H,8-11,13-14,16H2,1-4H3/t21-,24-/m1/s1. The Labute approximate surface area is 184 Å². The molecular formula is C24H34N4O3. The molecule has 1 amide bonds. The summed E-state index contributed by atoms with van der Waals surface area (Å²) in [5, 5.41) is 0. The van der Waals surface area contributed by atoms with E-state index in [1.807, 2.05) is 23.4 Å². The van der Waals surface area contributed by atoms with Crippen LogP contribution in [0.15, 0.2) is 36.8 Å². The first-order valence-corrected chi connectivity index (χ1v) is 11.1. The third kappa shape index (κ3) is 4.21. The van der Waals surface area contributed by atoms with Crippen LogP contribution in [-0.2, 0) is 16.1 Å². The molecule has 0 bridgehead atoms. The number of hydrogen-bond acceptors (Lipinski definition) is 5. The molecule has 1 spiro atoms. The molecule has 2 aliphatic heterocycles. The van der Waals surface area contributed by atoms with Gasteiger partial charge in [0.2, 0.25) is 5.91 Å². The van der Waals surface area contributed by atoms with Crippen molar-refractivity contribution in [1.29, 1.82) is 0 Å². The van der Waals surface area contributed by atoms with E-state index >= 15 is 0 Å². The van der Waals surface area contributed by atoms with Crippen LogP contribution in [0.2, 0.25) is 0 Å². The zero-order valence-electron chi connectivity index (χ0n) is 19.1. The van der Waals surface area contributed by atoms with Gasteiger partial charge in [-0.3, -0.25) is 9.69 Å². The van der Waals surface area contributed by atoms with Crippen LogP contribution in [0.5, 0.6) is 5.75 Å². The second kappa shape index (κ2) is 9.01. The summed E-state index contributed by atoms with van der Waals surface area (Å²) in [6.07, 6.45) is 4.90. The molecule has 0 saturated carbocycles. The number of rotatable bonds is 8. The van der Waals surface area contributed by atoms with Gasteiger partial charge in [0.25, 0.3) is 0 Å². The normalized spacial score (nSPS) is 24.1. The number of amides is 1. The van der Waals surface area contributed by atoms with Gasteiger partial charge in [0, 0.05) is 58.0 Å². The van der Waals surface area contributed by atoms with Gasteiger partial charge < -0.3 is 18.9 Å². The fourth-order valence-electron chi connectivity index (χ4n) is 5.09. The van der Waals surface area contributed by atoms with Crippen LogP contribution in [0.4, 0.5) is 0 Å². The average Bonchev–Trinajstić information content (AvgIpc) is 3.46. The van der Waals surface area contributed by atoms with E-state index in [0.29, 0.717) is 19.2 Å². The van der Waals surface area contributed by atoms with Crippen molar-refractivity contribution in [2.24, 2.45) is 5.41 Å². The zero-order chi connectivity index (χ0) is 22.0. The largest absolute Gasteiger partial charge is 0.497 e. The first-order chi connectivity index (χ1) is 15.0. The average molecular weight is 427 g/mol. The van der Waals surface area contributed by atoms with E-state index in [1.165, 1.54) is 5.56 Å². The smallest absolute Gasteiger partial charge is 0.230 e. The summed E-state index contributed by atoms with van der Waals surface area (Å²) in [7, 11) is 3.37. The second-order valence-corrected chi connectivity index (χ2v) is 9.10. The number of carbonyl (C=O) groups is 1.